The molecule has 0 aliphatic heterocycles. The summed E-state index contributed by atoms with van der Waals surface area (Å²) in [7, 11) is 0. The van der Waals surface area contributed by atoms with E-state index < -0.39 is 0 Å². The third kappa shape index (κ3) is 1.91. The van der Waals surface area contributed by atoms with Crippen molar-refractivity contribution in [2.75, 3.05) is 0 Å². The van der Waals surface area contributed by atoms with Gasteiger partial charge in [-0.15, -0.1) is 0 Å². The molecule has 0 radical (unpaired) electrons. The van der Waals surface area contributed by atoms with Crippen LogP contribution >= 0.6 is 0 Å². The van der Waals surface area contributed by atoms with Crippen LogP contribution in [0, 0.1) is 0 Å². The fourth-order valence-corrected chi connectivity index (χ4v) is 1.43. The van der Waals surface area contributed by atoms with Gasteiger partial charge in [-0.05, 0) is 11.6 Å². The lowest BCUT2D eigenvalue weighted by atomic mass is 10.1. The molecule has 0 fully saturated rings. The molecule has 2 rings (SSSR count). The van der Waals surface area contributed by atoms with E-state index in [1.807, 2.05) is 24.3 Å². The molecule has 78 valence electrons. The Hall–Kier alpha value is -1.65. The Bertz CT molecular complexity index is 451. The number of oxazole rings is 1. The standard InChI is InChI=1S/C11H13N3O/c12-5-8-3-1-2-4-10(8)11-14-9(6-13)7-15-11/h1-4,7H,5-6,12-13H2. The van der Waals surface area contributed by atoms with Crippen LogP contribution in [0.5, 0.6) is 0 Å². The first-order valence-electron chi connectivity index (χ1n) is 4.78. The van der Waals surface area contributed by atoms with Crippen molar-refractivity contribution >= 4 is 0 Å². The topological polar surface area (TPSA) is 78.1 Å². The molecule has 0 saturated heterocycles. The van der Waals surface area contributed by atoms with Crippen LogP contribution in [0.2, 0.25) is 0 Å². The van der Waals surface area contributed by atoms with Crippen molar-refractivity contribution in [3.63, 3.8) is 0 Å². The van der Waals surface area contributed by atoms with E-state index in [1.165, 1.54) is 0 Å². The van der Waals surface area contributed by atoms with Crippen molar-refractivity contribution < 1.29 is 4.42 Å². The summed E-state index contributed by atoms with van der Waals surface area (Å²) in [6.07, 6.45) is 1.57. The third-order valence-corrected chi connectivity index (χ3v) is 2.23. The molecule has 2 aromatic rings. The normalized spacial score (nSPS) is 10.5. The maximum atomic E-state index is 5.63. The zero-order chi connectivity index (χ0) is 10.7. The fourth-order valence-electron chi connectivity index (χ4n) is 1.43. The van der Waals surface area contributed by atoms with E-state index in [2.05, 4.69) is 4.98 Å². The minimum absolute atomic E-state index is 0.383. The Morgan fingerprint density at radius 3 is 2.60 bits per heavy atom. The first-order valence-corrected chi connectivity index (χ1v) is 4.78. The molecule has 0 unspecified atom stereocenters. The van der Waals surface area contributed by atoms with E-state index in [9.17, 15) is 0 Å². The van der Waals surface area contributed by atoms with Gasteiger partial charge in [0.15, 0.2) is 0 Å². The monoisotopic (exact) mass is 203 g/mol. The van der Waals surface area contributed by atoms with Crippen LogP contribution < -0.4 is 11.5 Å². The van der Waals surface area contributed by atoms with Crippen molar-refractivity contribution in [3.05, 3.63) is 41.8 Å². The lowest BCUT2D eigenvalue weighted by Gasteiger charge is -2.02. The maximum absolute atomic E-state index is 5.63. The highest BCUT2D eigenvalue weighted by atomic mass is 16.3. The summed E-state index contributed by atoms with van der Waals surface area (Å²) >= 11 is 0. The van der Waals surface area contributed by atoms with E-state index in [-0.39, 0.29) is 0 Å². The molecule has 4 N–H and O–H groups in total. The van der Waals surface area contributed by atoms with Gasteiger partial charge in [0.2, 0.25) is 5.89 Å². The second-order valence-corrected chi connectivity index (χ2v) is 3.21. The van der Waals surface area contributed by atoms with Gasteiger partial charge in [0, 0.05) is 18.7 Å². The molecule has 1 aromatic heterocycles. The molecule has 0 amide bonds. The average molecular weight is 203 g/mol. The van der Waals surface area contributed by atoms with Gasteiger partial charge in [0.1, 0.15) is 6.26 Å². The number of aromatic nitrogens is 1. The van der Waals surface area contributed by atoms with Gasteiger partial charge >= 0.3 is 0 Å². The highest BCUT2D eigenvalue weighted by molar-refractivity contribution is 5.58. The quantitative estimate of drug-likeness (QED) is 0.787. The van der Waals surface area contributed by atoms with E-state index in [0.29, 0.717) is 19.0 Å². The third-order valence-electron chi connectivity index (χ3n) is 2.23. The highest BCUT2D eigenvalue weighted by Gasteiger charge is 2.08. The molecular formula is C11H13N3O. The Balaban J connectivity index is 2.44. The van der Waals surface area contributed by atoms with Gasteiger partial charge in [-0.1, -0.05) is 18.2 Å². The number of rotatable bonds is 3. The smallest absolute Gasteiger partial charge is 0.226 e. The lowest BCUT2D eigenvalue weighted by Crippen LogP contribution is -1.99. The van der Waals surface area contributed by atoms with Crippen LogP contribution in [-0.4, -0.2) is 4.98 Å². The molecular weight excluding hydrogens is 190 g/mol. The molecule has 0 aliphatic carbocycles. The van der Waals surface area contributed by atoms with Gasteiger partial charge in [-0.3, -0.25) is 0 Å². The predicted molar refractivity (Wildman–Crippen MR) is 57.7 cm³/mol. The van der Waals surface area contributed by atoms with Crippen LogP contribution in [0.4, 0.5) is 0 Å². The van der Waals surface area contributed by atoms with Crippen molar-refractivity contribution in [3.8, 4) is 11.5 Å². The molecule has 4 nitrogen and oxygen atoms in total. The number of hydrogen-bond acceptors (Lipinski definition) is 4. The van der Waals surface area contributed by atoms with E-state index in [1.54, 1.807) is 6.26 Å². The van der Waals surface area contributed by atoms with Crippen molar-refractivity contribution in [2.24, 2.45) is 11.5 Å². The summed E-state index contributed by atoms with van der Waals surface area (Å²) in [4.78, 5) is 4.26. The largest absolute Gasteiger partial charge is 0.444 e. The van der Waals surface area contributed by atoms with Crippen LogP contribution in [0.1, 0.15) is 11.3 Å². The lowest BCUT2D eigenvalue weighted by molar-refractivity contribution is 0.572. The SMILES string of the molecule is NCc1coc(-c2ccccc2CN)n1. The number of nitrogens with two attached hydrogens (primary N) is 2. The Morgan fingerprint density at radius 1 is 1.13 bits per heavy atom. The molecule has 1 heterocycles. The summed E-state index contributed by atoms with van der Waals surface area (Å²) < 4.78 is 5.34. The van der Waals surface area contributed by atoms with Gasteiger partial charge in [-0.2, -0.15) is 0 Å². The van der Waals surface area contributed by atoms with E-state index >= 15 is 0 Å². The maximum Gasteiger partial charge on any atom is 0.226 e. The van der Waals surface area contributed by atoms with Crippen molar-refractivity contribution in [1.82, 2.24) is 4.98 Å². The Labute approximate surface area is 87.9 Å². The van der Waals surface area contributed by atoms with Crippen LogP contribution in [-0.2, 0) is 13.1 Å². The summed E-state index contributed by atoms with van der Waals surface area (Å²) in [5.74, 6) is 0.580. The highest BCUT2D eigenvalue weighted by Crippen LogP contribution is 2.22. The molecule has 0 spiro atoms. The Kier molecular flexibility index (Phi) is 2.80. The molecule has 0 saturated carbocycles. The summed E-state index contributed by atoms with van der Waals surface area (Å²) in [6.45, 7) is 0.852. The van der Waals surface area contributed by atoms with Crippen molar-refractivity contribution in [2.45, 2.75) is 13.1 Å². The molecule has 0 atom stereocenters. The van der Waals surface area contributed by atoms with Crippen molar-refractivity contribution in [1.29, 1.82) is 0 Å². The molecule has 0 aliphatic rings. The molecule has 4 heteroatoms. The van der Waals surface area contributed by atoms with E-state index in [0.717, 1.165) is 16.8 Å². The summed E-state index contributed by atoms with van der Waals surface area (Å²) in [6, 6.07) is 7.77. The number of nitrogens with zero attached hydrogens (tertiary/aromatic N) is 1. The van der Waals surface area contributed by atoms with Crippen LogP contribution in [0.15, 0.2) is 34.9 Å². The van der Waals surface area contributed by atoms with Gasteiger partial charge < -0.3 is 15.9 Å². The molecule has 15 heavy (non-hydrogen) atoms. The Morgan fingerprint density at radius 2 is 1.93 bits per heavy atom. The molecule has 0 bridgehead atoms. The fraction of sp³-hybridized carbons (Fsp3) is 0.182. The minimum atomic E-state index is 0.383. The van der Waals surface area contributed by atoms with E-state index in [4.69, 9.17) is 15.9 Å². The first-order chi connectivity index (χ1) is 7.35. The second kappa shape index (κ2) is 4.25. The van der Waals surface area contributed by atoms with Crippen LogP contribution in [0.3, 0.4) is 0 Å². The summed E-state index contributed by atoms with van der Waals surface area (Å²) in [5, 5.41) is 0. The predicted octanol–water partition coefficient (Wildman–Crippen LogP) is 1.26. The zero-order valence-electron chi connectivity index (χ0n) is 8.31. The summed E-state index contributed by atoms with van der Waals surface area (Å²) in [5.41, 5.74) is 13.8. The second-order valence-electron chi connectivity index (χ2n) is 3.21. The van der Waals surface area contributed by atoms with Gasteiger partial charge in [-0.25, -0.2) is 4.98 Å². The number of hydrogen-bond donors (Lipinski definition) is 2. The van der Waals surface area contributed by atoms with Gasteiger partial charge in [0.05, 0.1) is 5.69 Å². The van der Waals surface area contributed by atoms with Crippen LogP contribution in [0.25, 0.3) is 11.5 Å². The minimum Gasteiger partial charge on any atom is -0.444 e. The average Bonchev–Trinajstić information content (AvgIpc) is 2.77. The number of benzene rings is 1. The molecule has 1 aromatic carbocycles. The zero-order valence-corrected chi connectivity index (χ0v) is 8.31. The van der Waals surface area contributed by atoms with Gasteiger partial charge in [0.25, 0.3) is 0 Å². The first kappa shape index (κ1) is 9.89.